The van der Waals surface area contributed by atoms with Gasteiger partial charge in [0.1, 0.15) is 11.6 Å². The van der Waals surface area contributed by atoms with Crippen LogP contribution in [-0.2, 0) is 6.61 Å². The van der Waals surface area contributed by atoms with Gasteiger partial charge < -0.3 is 15.2 Å². The molecule has 24 heavy (non-hydrogen) atoms. The SMILES string of the molecule is COc1cc(F)ccc1-c1ccc2c(c1CO)C(C)=CC(C)(C)N2. The fourth-order valence-electron chi connectivity index (χ4n) is 3.50. The van der Waals surface area contributed by atoms with E-state index >= 15 is 0 Å². The molecule has 0 spiro atoms. The first-order chi connectivity index (χ1) is 11.4. The summed E-state index contributed by atoms with van der Waals surface area (Å²) in [6.07, 6.45) is 2.15. The molecule has 0 saturated heterocycles. The van der Waals surface area contributed by atoms with Gasteiger partial charge in [-0.25, -0.2) is 4.39 Å². The summed E-state index contributed by atoms with van der Waals surface area (Å²) >= 11 is 0. The lowest BCUT2D eigenvalue weighted by Gasteiger charge is -2.33. The summed E-state index contributed by atoms with van der Waals surface area (Å²) in [6, 6.07) is 8.41. The smallest absolute Gasteiger partial charge is 0.129 e. The van der Waals surface area contributed by atoms with Crippen molar-refractivity contribution in [1.82, 2.24) is 0 Å². The lowest BCUT2D eigenvalue weighted by molar-refractivity contribution is 0.282. The molecule has 1 aliphatic rings. The van der Waals surface area contributed by atoms with Crippen LogP contribution in [0.25, 0.3) is 16.7 Å². The summed E-state index contributed by atoms with van der Waals surface area (Å²) in [5, 5.41) is 13.5. The van der Waals surface area contributed by atoms with Crippen LogP contribution < -0.4 is 10.1 Å². The molecule has 0 aliphatic carbocycles. The molecule has 0 amide bonds. The molecule has 2 aromatic rings. The van der Waals surface area contributed by atoms with Crippen molar-refractivity contribution in [3.63, 3.8) is 0 Å². The third-order valence-electron chi connectivity index (χ3n) is 4.35. The molecule has 3 rings (SSSR count). The van der Waals surface area contributed by atoms with Crippen molar-refractivity contribution in [3.8, 4) is 16.9 Å². The van der Waals surface area contributed by atoms with Crippen LogP contribution in [0.5, 0.6) is 5.75 Å². The first kappa shape index (κ1) is 16.5. The largest absolute Gasteiger partial charge is 0.496 e. The van der Waals surface area contributed by atoms with E-state index in [4.69, 9.17) is 4.74 Å². The number of hydrogen-bond donors (Lipinski definition) is 2. The molecule has 0 fully saturated rings. The highest BCUT2D eigenvalue weighted by molar-refractivity contribution is 5.88. The van der Waals surface area contributed by atoms with E-state index in [1.54, 1.807) is 6.07 Å². The molecule has 126 valence electrons. The molecule has 2 aromatic carbocycles. The second-order valence-corrected chi connectivity index (χ2v) is 6.69. The number of aliphatic hydroxyl groups is 1. The zero-order valence-corrected chi connectivity index (χ0v) is 14.4. The monoisotopic (exact) mass is 327 g/mol. The molecule has 0 aromatic heterocycles. The van der Waals surface area contributed by atoms with Crippen LogP contribution in [-0.4, -0.2) is 17.8 Å². The van der Waals surface area contributed by atoms with Crippen LogP contribution in [0.15, 0.2) is 36.4 Å². The molecule has 0 radical (unpaired) electrons. The molecule has 4 heteroatoms. The first-order valence-corrected chi connectivity index (χ1v) is 7.95. The van der Waals surface area contributed by atoms with Gasteiger partial charge in [-0.2, -0.15) is 0 Å². The van der Waals surface area contributed by atoms with Crippen molar-refractivity contribution in [2.24, 2.45) is 0 Å². The predicted octanol–water partition coefficient (Wildman–Crippen LogP) is 4.60. The van der Waals surface area contributed by atoms with E-state index in [-0.39, 0.29) is 18.0 Å². The zero-order valence-electron chi connectivity index (χ0n) is 14.4. The van der Waals surface area contributed by atoms with Gasteiger partial charge in [0, 0.05) is 22.9 Å². The molecule has 0 unspecified atom stereocenters. The molecule has 0 bridgehead atoms. The molecule has 2 N–H and O–H groups in total. The van der Waals surface area contributed by atoms with Crippen LogP contribution in [0.1, 0.15) is 31.9 Å². The van der Waals surface area contributed by atoms with Gasteiger partial charge in [0.25, 0.3) is 0 Å². The molecule has 1 aliphatic heterocycles. The lowest BCUT2D eigenvalue weighted by atomic mass is 9.85. The van der Waals surface area contributed by atoms with E-state index in [1.807, 2.05) is 19.1 Å². The van der Waals surface area contributed by atoms with Gasteiger partial charge >= 0.3 is 0 Å². The fourth-order valence-corrected chi connectivity index (χ4v) is 3.50. The van der Waals surface area contributed by atoms with Crippen LogP contribution in [0.4, 0.5) is 10.1 Å². The van der Waals surface area contributed by atoms with Crippen molar-refractivity contribution >= 4 is 11.3 Å². The van der Waals surface area contributed by atoms with Crippen molar-refractivity contribution < 1.29 is 14.2 Å². The summed E-state index contributed by atoms with van der Waals surface area (Å²) in [5.74, 6) is 0.106. The second-order valence-electron chi connectivity index (χ2n) is 6.69. The van der Waals surface area contributed by atoms with Crippen molar-refractivity contribution in [1.29, 1.82) is 0 Å². The molecular formula is C20H22FNO2. The Bertz CT molecular complexity index is 825. The number of benzene rings is 2. The van der Waals surface area contributed by atoms with Gasteiger partial charge in [-0.05, 0) is 55.7 Å². The summed E-state index contributed by atoms with van der Waals surface area (Å²) in [6.45, 7) is 6.16. The van der Waals surface area contributed by atoms with Crippen LogP contribution in [0, 0.1) is 5.82 Å². The summed E-state index contributed by atoms with van der Waals surface area (Å²) in [4.78, 5) is 0. The number of aliphatic hydroxyl groups excluding tert-OH is 1. The van der Waals surface area contributed by atoms with E-state index in [9.17, 15) is 9.50 Å². The molecular weight excluding hydrogens is 305 g/mol. The Morgan fingerprint density at radius 3 is 2.54 bits per heavy atom. The molecule has 3 nitrogen and oxygen atoms in total. The number of nitrogens with one attached hydrogen (secondary N) is 1. The Morgan fingerprint density at radius 2 is 1.88 bits per heavy atom. The Kier molecular flexibility index (Phi) is 4.10. The maximum atomic E-state index is 13.5. The number of methoxy groups -OCH3 is 1. The maximum absolute atomic E-state index is 13.5. The van der Waals surface area contributed by atoms with Crippen molar-refractivity contribution in [2.75, 3.05) is 12.4 Å². The average molecular weight is 327 g/mol. The van der Waals surface area contributed by atoms with E-state index in [0.29, 0.717) is 5.75 Å². The first-order valence-electron chi connectivity index (χ1n) is 7.95. The summed E-state index contributed by atoms with van der Waals surface area (Å²) < 4.78 is 18.8. The molecule has 0 atom stereocenters. The predicted molar refractivity (Wildman–Crippen MR) is 95.7 cm³/mol. The second kappa shape index (κ2) is 5.95. The molecule has 0 saturated carbocycles. The van der Waals surface area contributed by atoms with Crippen LogP contribution >= 0.6 is 0 Å². The van der Waals surface area contributed by atoms with Gasteiger partial charge in [-0.1, -0.05) is 12.1 Å². The standard InChI is InChI=1S/C20H22FNO2/c1-12-10-20(2,3)22-17-8-7-14(16(11-23)19(12)17)15-6-5-13(21)9-18(15)24-4/h5-10,22-23H,11H2,1-4H3. The quantitative estimate of drug-likeness (QED) is 0.865. The normalized spacial score (nSPS) is 15.3. The summed E-state index contributed by atoms with van der Waals surface area (Å²) in [7, 11) is 1.52. The highest BCUT2D eigenvalue weighted by Crippen LogP contribution is 2.42. The minimum Gasteiger partial charge on any atom is -0.496 e. The number of rotatable bonds is 3. The van der Waals surface area contributed by atoms with Crippen molar-refractivity contribution in [3.05, 3.63) is 53.4 Å². The number of allylic oxidation sites excluding steroid dienone is 1. The van der Waals surface area contributed by atoms with Crippen LogP contribution in [0.2, 0.25) is 0 Å². The van der Waals surface area contributed by atoms with Gasteiger partial charge in [0.05, 0.1) is 19.3 Å². The topological polar surface area (TPSA) is 41.5 Å². The number of fused-ring (bicyclic) bond motifs is 1. The number of hydrogen-bond acceptors (Lipinski definition) is 3. The minimum absolute atomic E-state index is 0.105. The zero-order chi connectivity index (χ0) is 17.5. The Hall–Kier alpha value is -2.33. The van der Waals surface area contributed by atoms with Gasteiger partial charge in [0.15, 0.2) is 0 Å². The molecule has 1 heterocycles. The summed E-state index contributed by atoms with van der Waals surface area (Å²) in [5.41, 5.74) is 5.40. The maximum Gasteiger partial charge on any atom is 0.129 e. The van der Waals surface area contributed by atoms with Crippen LogP contribution in [0.3, 0.4) is 0 Å². The van der Waals surface area contributed by atoms with Gasteiger partial charge in [-0.3, -0.25) is 0 Å². The van der Waals surface area contributed by atoms with E-state index in [1.165, 1.54) is 19.2 Å². The van der Waals surface area contributed by atoms with E-state index in [2.05, 4.69) is 25.2 Å². The number of anilines is 1. The highest BCUT2D eigenvalue weighted by atomic mass is 19.1. The third kappa shape index (κ3) is 2.78. The highest BCUT2D eigenvalue weighted by Gasteiger charge is 2.26. The Morgan fingerprint density at radius 1 is 1.17 bits per heavy atom. The number of ether oxygens (including phenoxy) is 1. The lowest BCUT2D eigenvalue weighted by Crippen LogP contribution is -2.31. The average Bonchev–Trinajstić information content (AvgIpc) is 2.52. The third-order valence-corrected chi connectivity index (χ3v) is 4.35. The Balaban J connectivity index is 2.24. The van der Waals surface area contributed by atoms with E-state index in [0.717, 1.165) is 33.5 Å². The van der Waals surface area contributed by atoms with Crippen molar-refractivity contribution in [2.45, 2.75) is 32.9 Å². The Labute approximate surface area is 141 Å². The van der Waals surface area contributed by atoms with Gasteiger partial charge in [-0.15, -0.1) is 0 Å². The number of halogens is 1. The van der Waals surface area contributed by atoms with Gasteiger partial charge in [0.2, 0.25) is 0 Å². The van der Waals surface area contributed by atoms with E-state index < -0.39 is 0 Å². The minimum atomic E-state index is -0.349. The fraction of sp³-hybridized carbons (Fsp3) is 0.300.